The Kier molecular flexibility index (Phi) is 9.96. The minimum absolute atomic E-state index is 0.0312. The zero-order valence-electron chi connectivity index (χ0n) is 20.3. The van der Waals surface area contributed by atoms with E-state index in [0.717, 1.165) is 0 Å². The Morgan fingerprint density at radius 3 is 2.17 bits per heavy atom. The van der Waals surface area contributed by atoms with E-state index >= 15 is 0 Å². The summed E-state index contributed by atoms with van der Waals surface area (Å²) in [6, 6.07) is 12.9. The van der Waals surface area contributed by atoms with Crippen LogP contribution in [0.1, 0.15) is 43.1 Å². The van der Waals surface area contributed by atoms with E-state index in [1.807, 2.05) is 0 Å². The van der Waals surface area contributed by atoms with Gasteiger partial charge in [0.2, 0.25) is 0 Å². The molecule has 1 atom stereocenters. The molecule has 36 heavy (non-hydrogen) atoms. The number of ether oxygens (including phenoxy) is 3. The van der Waals surface area contributed by atoms with Crippen LogP contribution in [0.2, 0.25) is 0 Å². The number of carbonyl (C=O) groups excluding carboxylic acids is 3. The van der Waals surface area contributed by atoms with Gasteiger partial charge in [-0.05, 0) is 57.2 Å². The fourth-order valence-corrected chi connectivity index (χ4v) is 2.77. The lowest BCUT2D eigenvalue weighted by Gasteiger charge is -2.22. The molecule has 2 N–H and O–H groups in total. The van der Waals surface area contributed by atoms with Gasteiger partial charge in [0.15, 0.2) is 5.71 Å². The number of methoxy groups -OCH3 is 1. The SMILES string of the molecule is COC(=O)C(CCOc1ccc(C(=NOC(=O)c2ccccc2)C(=O)O)cc1)NC(=O)OC(C)(C)C. The van der Waals surface area contributed by atoms with Gasteiger partial charge in [-0.2, -0.15) is 0 Å². The Balaban J connectivity index is 1.98. The molecule has 1 unspecified atom stereocenters. The first-order valence-corrected chi connectivity index (χ1v) is 10.9. The molecule has 1 amide bonds. The van der Waals surface area contributed by atoms with E-state index in [4.69, 9.17) is 19.0 Å². The number of carbonyl (C=O) groups is 4. The van der Waals surface area contributed by atoms with Crippen molar-refractivity contribution >= 4 is 29.7 Å². The molecule has 0 aromatic heterocycles. The normalized spacial score (nSPS) is 12.2. The van der Waals surface area contributed by atoms with Crippen LogP contribution in [0.4, 0.5) is 4.79 Å². The standard InChI is InChI=1S/C25H28N2O9/c1-25(2,3)35-24(32)26-19(23(31)33-4)14-15-34-18-12-10-16(11-13-18)20(21(28)29)27-36-22(30)17-8-6-5-7-9-17/h5-13,19H,14-15H2,1-4H3,(H,26,32)(H,28,29). The van der Waals surface area contributed by atoms with Crippen molar-refractivity contribution < 1.29 is 43.3 Å². The maximum Gasteiger partial charge on any atom is 0.408 e. The monoisotopic (exact) mass is 500 g/mol. The number of hydrogen-bond acceptors (Lipinski definition) is 9. The van der Waals surface area contributed by atoms with Gasteiger partial charge in [0, 0.05) is 12.0 Å². The molecular weight excluding hydrogens is 472 g/mol. The van der Waals surface area contributed by atoms with Crippen LogP contribution < -0.4 is 10.1 Å². The van der Waals surface area contributed by atoms with Crippen molar-refractivity contribution in [2.24, 2.45) is 5.16 Å². The van der Waals surface area contributed by atoms with E-state index in [9.17, 15) is 24.3 Å². The zero-order valence-corrected chi connectivity index (χ0v) is 20.3. The summed E-state index contributed by atoms with van der Waals surface area (Å²) in [6.07, 6.45) is -0.680. The van der Waals surface area contributed by atoms with Crippen LogP contribution >= 0.6 is 0 Å². The Labute approximate surface area is 208 Å². The van der Waals surface area contributed by atoms with Crippen LogP contribution in [-0.2, 0) is 23.9 Å². The minimum atomic E-state index is -1.39. The number of carboxylic acid groups (broad SMARTS) is 1. The van der Waals surface area contributed by atoms with Crippen molar-refractivity contribution in [3.8, 4) is 5.75 Å². The average Bonchev–Trinajstić information content (AvgIpc) is 2.83. The molecule has 0 aliphatic carbocycles. The van der Waals surface area contributed by atoms with Gasteiger partial charge in [-0.25, -0.2) is 19.2 Å². The second kappa shape index (κ2) is 12.9. The van der Waals surface area contributed by atoms with E-state index < -0.39 is 41.4 Å². The highest BCUT2D eigenvalue weighted by molar-refractivity contribution is 6.42. The Hall–Kier alpha value is -4.41. The van der Waals surface area contributed by atoms with Gasteiger partial charge in [0.25, 0.3) is 0 Å². The molecule has 2 aromatic carbocycles. The van der Waals surface area contributed by atoms with Crippen LogP contribution in [0.3, 0.4) is 0 Å². The van der Waals surface area contributed by atoms with Gasteiger partial charge < -0.3 is 29.5 Å². The van der Waals surface area contributed by atoms with Crippen LogP contribution in [0, 0.1) is 0 Å². The molecule has 11 heteroatoms. The number of hydrogen-bond donors (Lipinski definition) is 2. The Bertz CT molecular complexity index is 1090. The third-order valence-corrected chi connectivity index (χ3v) is 4.41. The summed E-state index contributed by atoms with van der Waals surface area (Å²) in [5.74, 6) is -2.48. The quantitative estimate of drug-likeness (QED) is 0.217. The third-order valence-electron chi connectivity index (χ3n) is 4.41. The first-order chi connectivity index (χ1) is 17.0. The Morgan fingerprint density at radius 1 is 0.972 bits per heavy atom. The lowest BCUT2D eigenvalue weighted by atomic mass is 10.1. The topological polar surface area (TPSA) is 150 Å². The number of alkyl carbamates (subject to hydrolysis) is 1. The maximum atomic E-state index is 12.0. The molecule has 11 nitrogen and oxygen atoms in total. The predicted molar refractivity (Wildman–Crippen MR) is 128 cm³/mol. The number of nitrogens with one attached hydrogen (secondary N) is 1. The van der Waals surface area contributed by atoms with E-state index in [2.05, 4.69) is 10.5 Å². The van der Waals surface area contributed by atoms with Gasteiger partial charge in [-0.3, -0.25) is 0 Å². The highest BCUT2D eigenvalue weighted by Gasteiger charge is 2.25. The molecule has 0 radical (unpaired) electrons. The Morgan fingerprint density at radius 2 is 1.61 bits per heavy atom. The lowest BCUT2D eigenvalue weighted by Crippen LogP contribution is -2.44. The summed E-state index contributed by atoms with van der Waals surface area (Å²) in [4.78, 5) is 52.4. The molecular formula is C25H28N2O9. The average molecular weight is 501 g/mol. The summed E-state index contributed by atoms with van der Waals surface area (Å²) in [5, 5.41) is 15.4. The van der Waals surface area contributed by atoms with Gasteiger partial charge >= 0.3 is 24.0 Å². The second-order valence-corrected chi connectivity index (χ2v) is 8.37. The van der Waals surface area contributed by atoms with E-state index in [0.29, 0.717) is 5.75 Å². The molecule has 0 aliphatic heterocycles. The molecule has 0 fully saturated rings. The summed E-state index contributed by atoms with van der Waals surface area (Å²) in [6.45, 7) is 5.12. The molecule has 2 aromatic rings. The van der Waals surface area contributed by atoms with Crippen molar-refractivity contribution in [3.05, 3.63) is 65.7 Å². The smallest absolute Gasteiger partial charge is 0.408 e. The van der Waals surface area contributed by atoms with Crippen LogP contribution in [0.5, 0.6) is 5.75 Å². The predicted octanol–water partition coefficient (Wildman–Crippen LogP) is 3.17. The number of benzene rings is 2. The molecule has 0 spiro atoms. The van der Waals surface area contributed by atoms with Crippen LogP contribution in [0.25, 0.3) is 0 Å². The molecule has 0 aliphatic rings. The number of oxime groups is 1. The molecule has 0 bridgehead atoms. The van der Waals surface area contributed by atoms with Crippen molar-refractivity contribution in [1.29, 1.82) is 0 Å². The van der Waals surface area contributed by atoms with Gasteiger partial charge in [-0.15, -0.1) is 0 Å². The van der Waals surface area contributed by atoms with Gasteiger partial charge in [0.05, 0.1) is 19.3 Å². The fraction of sp³-hybridized carbons (Fsp3) is 0.320. The highest BCUT2D eigenvalue weighted by atomic mass is 16.7. The lowest BCUT2D eigenvalue weighted by molar-refractivity contribution is -0.143. The van der Waals surface area contributed by atoms with Crippen LogP contribution in [0.15, 0.2) is 59.8 Å². The summed E-state index contributed by atoms with van der Waals surface area (Å²) < 4.78 is 15.5. The zero-order chi connectivity index (χ0) is 26.7. The number of esters is 1. The molecule has 192 valence electrons. The molecule has 2 rings (SSSR count). The van der Waals surface area contributed by atoms with E-state index in [-0.39, 0.29) is 24.2 Å². The first kappa shape index (κ1) is 27.8. The van der Waals surface area contributed by atoms with Gasteiger partial charge in [-0.1, -0.05) is 23.4 Å². The second-order valence-electron chi connectivity index (χ2n) is 8.37. The van der Waals surface area contributed by atoms with Crippen molar-refractivity contribution in [3.63, 3.8) is 0 Å². The van der Waals surface area contributed by atoms with Crippen LogP contribution in [-0.4, -0.2) is 60.2 Å². The summed E-state index contributed by atoms with van der Waals surface area (Å²) in [5.41, 5.74) is -0.810. The fourth-order valence-electron chi connectivity index (χ4n) is 2.77. The van der Waals surface area contributed by atoms with E-state index in [1.54, 1.807) is 39.0 Å². The maximum absolute atomic E-state index is 12.0. The van der Waals surface area contributed by atoms with Crippen molar-refractivity contribution in [2.75, 3.05) is 13.7 Å². The number of rotatable bonds is 10. The number of nitrogens with zero attached hydrogens (tertiary/aromatic N) is 1. The number of carboxylic acids is 1. The third kappa shape index (κ3) is 9.09. The van der Waals surface area contributed by atoms with E-state index in [1.165, 1.54) is 43.5 Å². The first-order valence-electron chi connectivity index (χ1n) is 10.9. The molecule has 0 saturated carbocycles. The minimum Gasteiger partial charge on any atom is -0.494 e. The highest BCUT2D eigenvalue weighted by Crippen LogP contribution is 2.15. The molecule has 0 heterocycles. The summed E-state index contributed by atoms with van der Waals surface area (Å²) >= 11 is 0. The largest absolute Gasteiger partial charge is 0.494 e. The van der Waals surface area contributed by atoms with Crippen molar-refractivity contribution in [1.82, 2.24) is 5.32 Å². The molecule has 0 saturated heterocycles. The summed E-state index contributed by atoms with van der Waals surface area (Å²) in [7, 11) is 1.20. The number of aliphatic carboxylic acids is 1. The number of amides is 1. The van der Waals surface area contributed by atoms with Crippen molar-refractivity contribution in [2.45, 2.75) is 38.8 Å². The van der Waals surface area contributed by atoms with Gasteiger partial charge in [0.1, 0.15) is 17.4 Å².